The molecule has 0 saturated heterocycles. The minimum atomic E-state index is -1.13. The van der Waals surface area contributed by atoms with Crippen molar-refractivity contribution in [1.82, 2.24) is 5.32 Å². The molecule has 0 heterocycles. The van der Waals surface area contributed by atoms with Gasteiger partial charge >= 0.3 is 11.9 Å². The van der Waals surface area contributed by atoms with Crippen molar-refractivity contribution in [3.05, 3.63) is 60.2 Å². The number of aryl methyl sites for hydroxylation is 1. The Morgan fingerprint density at radius 3 is 1.91 bits per heavy atom. The first kappa shape index (κ1) is 27.2. The lowest BCUT2D eigenvalue weighted by Crippen LogP contribution is -2.43. The van der Waals surface area contributed by atoms with Crippen molar-refractivity contribution >= 4 is 29.5 Å². The maximum Gasteiger partial charge on any atom is 0.303 e. The lowest BCUT2D eigenvalue weighted by molar-refractivity contribution is -0.139. The summed E-state index contributed by atoms with van der Waals surface area (Å²) in [6, 6.07) is 16.5. The Labute approximate surface area is 203 Å². The molecule has 0 spiro atoms. The summed E-state index contributed by atoms with van der Waals surface area (Å²) in [5, 5.41) is 20.4. The lowest BCUT2D eigenvalue weighted by atomic mass is 9.92. The van der Waals surface area contributed by atoms with E-state index in [4.69, 9.17) is 15.9 Å². The molecule has 2 amide bonds. The van der Waals surface area contributed by atoms with Crippen LogP contribution in [-0.4, -0.2) is 45.8 Å². The van der Waals surface area contributed by atoms with E-state index in [1.807, 2.05) is 54.6 Å². The number of carbonyl (C=O) groups is 5. The summed E-state index contributed by atoms with van der Waals surface area (Å²) >= 11 is 0. The van der Waals surface area contributed by atoms with Gasteiger partial charge in [-0.05, 0) is 36.0 Å². The summed E-state index contributed by atoms with van der Waals surface area (Å²) < 4.78 is 0. The highest BCUT2D eigenvalue weighted by molar-refractivity contribution is 5.92. The number of nitrogens with one attached hydrogen (secondary N) is 1. The lowest BCUT2D eigenvalue weighted by Gasteiger charge is -2.19. The van der Waals surface area contributed by atoms with Gasteiger partial charge in [-0.2, -0.15) is 0 Å². The number of amides is 2. The van der Waals surface area contributed by atoms with Gasteiger partial charge in [-0.15, -0.1) is 0 Å². The number of ketones is 1. The highest BCUT2D eigenvalue weighted by Crippen LogP contribution is 2.20. The van der Waals surface area contributed by atoms with Crippen LogP contribution in [0.5, 0.6) is 0 Å². The van der Waals surface area contributed by atoms with Gasteiger partial charge in [0.25, 0.3) is 0 Å². The molecule has 2 aromatic rings. The fraction of sp³-hybridized carbons (Fsp3) is 0.346. The molecule has 5 N–H and O–H groups in total. The van der Waals surface area contributed by atoms with Crippen molar-refractivity contribution in [2.75, 3.05) is 0 Å². The number of carboxylic acid groups (broad SMARTS) is 2. The van der Waals surface area contributed by atoms with Gasteiger partial charge in [-0.3, -0.25) is 24.0 Å². The molecule has 0 aliphatic rings. The highest BCUT2D eigenvalue weighted by Gasteiger charge is 2.27. The molecule has 9 heteroatoms. The van der Waals surface area contributed by atoms with Crippen molar-refractivity contribution in [3.8, 4) is 11.1 Å². The smallest absolute Gasteiger partial charge is 0.303 e. The third kappa shape index (κ3) is 9.79. The number of hydrogen-bond acceptors (Lipinski definition) is 5. The highest BCUT2D eigenvalue weighted by atomic mass is 16.4. The van der Waals surface area contributed by atoms with Gasteiger partial charge < -0.3 is 21.3 Å². The van der Waals surface area contributed by atoms with Crippen LogP contribution in [0.1, 0.15) is 44.1 Å². The van der Waals surface area contributed by atoms with E-state index in [-0.39, 0.29) is 38.5 Å². The molecule has 0 saturated carbocycles. The zero-order valence-electron chi connectivity index (χ0n) is 19.3. The predicted molar refractivity (Wildman–Crippen MR) is 128 cm³/mol. The fourth-order valence-corrected chi connectivity index (χ4v) is 3.63. The maximum absolute atomic E-state index is 12.7. The molecule has 0 bridgehead atoms. The molecule has 2 aromatic carbocycles. The van der Waals surface area contributed by atoms with Crippen LogP contribution in [0.15, 0.2) is 54.6 Å². The second-order valence-electron chi connectivity index (χ2n) is 8.32. The summed E-state index contributed by atoms with van der Waals surface area (Å²) in [5.74, 6) is -5.07. The zero-order valence-corrected chi connectivity index (χ0v) is 19.3. The molecular formula is C26H30N2O7. The summed E-state index contributed by atoms with van der Waals surface area (Å²) in [6.07, 6.45) is -0.813. The van der Waals surface area contributed by atoms with Crippen molar-refractivity contribution < 1.29 is 34.2 Å². The zero-order chi connectivity index (χ0) is 25.8. The van der Waals surface area contributed by atoms with E-state index in [9.17, 15) is 24.0 Å². The second kappa shape index (κ2) is 13.6. The van der Waals surface area contributed by atoms with Crippen LogP contribution >= 0.6 is 0 Å². The summed E-state index contributed by atoms with van der Waals surface area (Å²) in [5.41, 5.74) is 8.34. The van der Waals surface area contributed by atoms with Crippen molar-refractivity contribution in [2.45, 2.75) is 51.0 Å². The van der Waals surface area contributed by atoms with Crippen LogP contribution in [0.4, 0.5) is 0 Å². The molecule has 0 unspecified atom stereocenters. The monoisotopic (exact) mass is 482 g/mol. The number of nitrogens with two attached hydrogens (primary N) is 1. The standard InChI is InChI=1S/C26H30N2O7/c27-26(35)20(11-14-24(31)32)16-22(29)21(12-15-25(33)34)28-23(30)13-8-17-6-9-19(10-7-17)18-4-2-1-3-5-18/h1-7,9-10,20-21H,8,11-16H2,(H2,27,35)(H,28,30)(H,31,32)(H,33,34)/t20-,21+/m1/s1. The average molecular weight is 483 g/mol. The van der Waals surface area contributed by atoms with E-state index < -0.39 is 41.5 Å². The normalized spacial score (nSPS) is 12.3. The molecule has 186 valence electrons. The Morgan fingerprint density at radius 1 is 0.771 bits per heavy atom. The third-order valence-electron chi connectivity index (χ3n) is 5.63. The van der Waals surface area contributed by atoms with Gasteiger partial charge in [-0.25, -0.2) is 0 Å². The summed E-state index contributed by atoms with van der Waals surface area (Å²) in [6.45, 7) is 0. The van der Waals surface area contributed by atoms with Crippen LogP contribution < -0.4 is 11.1 Å². The molecular weight excluding hydrogens is 452 g/mol. The Bertz CT molecular complexity index is 1040. The Morgan fingerprint density at radius 2 is 1.34 bits per heavy atom. The van der Waals surface area contributed by atoms with Crippen LogP contribution in [-0.2, 0) is 30.4 Å². The number of carboxylic acids is 2. The summed E-state index contributed by atoms with van der Waals surface area (Å²) in [4.78, 5) is 58.7. The van der Waals surface area contributed by atoms with Crippen LogP contribution in [0.2, 0.25) is 0 Å². The maximum atomic E-state index is 12.7. The average Bonchev–Trinajstić information content (AvgIpc) is 2.83. The van der Waals surface area contributed by atoms with Crippen molar-refractivity contribution in [1.29, 1.82) is 0 Å². The van der Waals surface area contributed by atoms with Gasteiger partial charge in [-0.1, -0.05) is 54.6 Å². The second-order valence-corrected chi connectivity index (χ2v) is 8.32. The Hall–Kier alpha value is -4.01. The number of Topliss-reactive ketones (excluding diaryl/α,β-unsaturated/α-hetero) is 1. The number of hydrogen-bond donors (Lipinski definition) is 4. The topological polar surface area (TPSA) is 164 Å². The quantitative estimate of drug-likeness (QED) is 0.303. The van der Waals surface area contributed by atoms with E-state index in [0.717, 1.165) is 16.7 Å². The van der Waals surface area contributed by atoms with Crippen molar-refractivity contribution in [3.63, 3.8) is 0 Å². The molecule has 0 aliphatic heterocycles. The summed E-state index contributed by atoms with van der Waals surface area (Å²) in [7, 11) is 0. The number of primary amides is 1. The van der Waals surface area contributed by atoms with Crippen LogP contribution in [0, 0.1) is 5.92 Å². The van der Waals surface area contributed by atoms with Crippen LogP contribution in [0.3, 0.4) is 0 Å². The SMILES string of the molecule is NC(=O)[C@H](CCC(=O)O)CC(=O)[C@H](CCC(=O)O)NC(=O)CCc1ccc(-c2ccccc2)cc1. The molecule has 0 radical (unpaired) electrons. The first-order chi connectivity index (χ1) is 16.7. The van der Waals surface area contributed by atoms with Crippen molar-refractivity contribution in [2.24, 2.45) is 11.7 Å². The van der Waals surface area contributed by atoms with E-state index in [2.05, 4.69) is 5.32 Å². The fourth-order valence-electron chi connectivity index (χ4n) is 3.63. The predicted octanol–water partition coefficient (Wildman–Crippen LogP) is 2.56. The number of benzene rings is 2. The van der Waals surface area contributed by atoms with E-state index in [1.54, 1.807) is 0 Å². The molecule has 0 aliphatic carbocycles. The first-order valence-electron chi connectivity index (χ1n) is 11.3. The molecule has 2 atom stereocenters. The van der Waals surface area contributed by atoms with Crippen LogP contribution in [0.25, 0.3) is 11.1 Å². The molecule has 0 aromatic heterocycles. The van der Waals surface area contributed by atoms with Gasteiger partial charge in [0.15, 0.2) is 5.78 Å². The first-order valence-corrected chi connectivity index (χ1v) is 11.3. The third-order valence-corrected chi connectivity index (χ3v) is 5.63. The molecule has 35 heavy (non-hydrogen) atoms. The van der Waals surface area contributed by atoms with E-state index >= 15 is 0 Å². The minimum Gasteiger partial charge on any atom is -0.481 e. The van der Waals surface area contributed by atoms with E-state index in [1.165, 1.54) is 0 Å². The Kier molecular flexibility index (Phi) is 10.6. The largest absolute Gasteiger partial charge is 0.481 e. The molecule has 0 fully saturated rings. The van der Waals surface area contributed by atoms with Gasteiger partial charge in [0.1, 0.15) is 0 Å². The van der Waals surface area contributed by atoms with Gasteiger partial charge in [0.2, 0.25) is 11.8 Å². The van der Waals surface area contributed by atoms with Gasteiger partial charge in [0.05, 0.1) is 6.04 Å². The Balaban J connectivity index is 1.96. The van der Waals surface area contributed by atoms with E-state index in [0.29, 0.717) is 6.42 Å². The number of aliphatic carboxylic acids is 2. The molecule has 2 rings (SSSR count). The number of carbonyl (C=O) groups excluding carboxylic acids is 3. The minimum absolute atomic E-state index is 0.0831. The molecule has 9 nitrogen and oxygen atoms in total. The number of rotatable bonds is 15. The van der Waals surface area contributed by atoms with Gasteiger partial charge in [0, 0.05) is 31.6 Å².